The number of carbonyl (C=O) groups is 2. The number of methoxy groups -OCH3 is 1. The number of nitrogens with one attached hydrogen (secondary N) is 2. The summed E-state index contributed by atoms with van der Waals surface area (Å²) in [4.78, 5) is 25.4. The van der Waals surface area contributed by atoms with Gasteiger partial charge in [0, 0.05) is 10.4 Å². The third kappa shape index (κ3) is 3.85. The first kappa shape index (κ1) is 17.9. The molecule has 7 nitrogen and oxygen atoms in total. The predicted molar refractivity (Wildman–Crippen MR) is 100 cm³/mol. The number of phenolic OH excluding ortho intramolecular Hbond substituents is 1. The molecular formula is C18H19N3O4S. The van der Waals surface area contributed by atoms with E-state index in [1.165, 1.54) is 30.7 Å². The molecule has 3 N–H and O–H groups in total. The van der Waals surface area contributed by atoms with E-state index in [9.17, 15) is 14.7 Å². The zero-order chi connectivity index (χ0) is 18.5. The van der Waals surface area contributed by atoms with Crippen LogP contribution in [-0.4, -0.2) is 30.4 Å². The van der Waals surface area contributed by atoms with Gasteiger partial charge < -0.3 is 9.84 Å². The highest BCUT2D eigenvalue weighted by Gasteiger charge is 2.26. The van der Waals surface area contributed by atoms with Gasteiger partial charge in [-0.25, -0.2) is 15.0 Å². The second-order valence-electron chi connectivity index (χ2n) is 5.79. The van der Waals surface area contributed by atoms with E-state index < -0.39 is 12.0 Å². The Bertz CT molecular complexity index is 860. The fourth-order valence-electron chi connectivity index (χ4n) is 2.86. The van der Waals surface area contributed by atoms with Crippen LogP contribution in [0.3, 0.4) is 0 Å². The van der Waals surface area contributed by atoms with Crippen LogP contribution in [0.25, 0.3) is 0 Å². The Balaban J connectivity index is 1.72. The Kier molecular flexibility index (Phi) is 5.52. The predicted octanol–water partition coefficient (Wildman–Crippen LogP) is 3.27. The molecule has 1 aliphatic carbocycles. The topological polar surface area (TPSA) is 100 Å². The molecule has 1 heterocycles. The molecule has 1 aromatic heterocycles. The minimum absolute atomic E-state index is 0.0670. The lowest BCUT2D eigenvalue weighted by Crippen LogP contribution is -2.24. The molecular weight excluding hydrogens is 354 g/mol. The van der Waals surface area contributed by atoms with Crippen LogP contribution in [0.4, 0.5) is 9.80 Å². The van der Waals surface area contributed by atoms with Crippen molar-refractivity contribution in [3.8, 4) is 5.75 Å². The van der Waals surface area contributed by atoms with E-state index in [0.717, 1.165) is 36.1 Å². The van der Waals surface area contributed by atoms with Gasteiger partial charge in [0.25, 0.3) is 0 Å². The fraction of sp³-hybridized carbons (Fsp3) is 0.278. The number of esters is 1. The van der Waals surface area contributed by atoms with Crippen LogP contribution in [-0.2, 0) is 17.6 Å². The zero-order valence-corrected chi connectivity index (χ0v) is 15.1. The molecule has 136 valence electrons. The second kappa shape index (κ2) is 8.01. The third-order valence-corrected chi connectivity index (χ3v) is 5.30. The number of aryl methyl sites for hydroxylation is 1. The standard InChI is InChI=1S/C18H19N3O4S/c1-25-17(23)15-12-7-3-5-9-14(12)26-16(15)20-18(24)21-19-10-11-6-2-4-8-13(11)22/h2,4,6,8,10,22H,3,5,7,9H2,1H3,(H2,20,21,24). The van der Waals surface area contributed by atoms with Gasteiger partial charge in [-0.3, -0.25) is 5.32 Å². The summed E-state index contributed by atoms with van der Waals surface area (Å²) in [6.45, 7) is 0. The highest BCUT2D eigenvalue weighted by atomic mass is 32.1. The number of para-hydroxylation sites is 1. The van der Waals surface area contributed by atoms with Gasteiger partial charge in [0.1, 0.15) is 10.8 Å². The molecule has 0 aliphatic heterocycles. The number of phenols is 1. The summed E-state index contributed by atoms with van der Waals surface area (Å²) in [5.41, 5.74) is 4.23. The molecule has 0 bridgehead atoms. The Morgan fingerprint density at radius 1 is 1.27 bits per heavy atom. The Morgan fingerprint density at radius 3 is 2.81 bits per heavy atom. The van der Waals surface area contributed by atoms with E-state index >= 15 is 0 Å². The van der Waals surface area contributed by atoms with Crippen molar-refractivity contribution in [3.63, 3.8) is 0 Å². The molecule has 1 aliphatic rings. The molecule has 0 unspecified atom stereocenters. The number of fused-ring (bicyclic) bond motifs is 1. The number of amides is 2. The van der Waals surface area contributed by atoms with Crippen molar-refractivity contribution in [2.24, 2.45) is 5.10 Å². The first-order valence-electron chi connectivity index (χ1n) is 8.21. The lowest BCUT2D eigenvalue weighted by molar-refractivity contribution is 0.0601. The van der Waals surface area contributed by atoms with Gasteiger partial charge >= 0.3 is 12.0 Å². The molecule has 3 rings (SSSR count). The lowest BCUT2D eigenvalue weighted by Gasteiger charge is -2.11. The fourth-order valence-corrected chi connectivity index (χ4v) is 4.13. The minimum Gasteiger partial charge on any atom is -0.507 e. The number of aromatic hydroxyl groups is 1. The van der Waals surface area contributed by atoms with Crippen molar-refractivity contribution in [1.29, 1.82) is 0 Å². The normalized spacial score (nSPS) is 13.3. The SMILES string of the molecule is COC(=O)c1c(NC(=O)NN=Cc2ccccc2O)sc2c1CCCC2. The van der Waals surface area contributed by atoms with Crippen LogP contribution in [0, 0.1) is 0 Å². The van der Waals surface area contributed by atoms with Crippen molar-refractivity contribution >= 4 is 34.6 Å². The van der Waals surface area contributed by atoms with Crippen molar-refractivity contribution in [2.45, 2.75) is 25.7 Å². The maximum absolute atomic E-state index is 12.1. The van der Waals surface area contributed by atoms with Crippen molar-refractivity contribution < 1.29 is 19.4 Å². The Labute approximate surface area is 154 Å². The Morgan fingerprint density at radius 2 is 2.04 bits per heavy atom. The quantitative estimate of drug-likeness (QED) is 0.435. The van der Waals surface area contributed by atoms with Crippen molar-refractivity contribution in [2.75, 3.05) is 12.4 Å². The molecule has 0 spiro atoms. The summed E-state index contributed by atoms with van der Waals surface area (Å²) in [5, 5.41) is 16.6. The number of rotatable bonds is 4. The number of urea groups is 1. The number of thiophene rings is 1. The number of hydrazone groups is 1. The molecule has 0 saturated heterocycles. The summed E-state index contributed by atoms with van der Waals surface area (Å²) in [7, 11) is 1.33. The number of hydrogen-bond donors (Lipinski definition) is 3. The van der Waals surface area contributed by atoms with Gasteiger partial charge in [0.15, 0.2) is 0 Å². The highest BCUT2D eigenvalue weighted by Crippen LogP contribution is 2.38. The van der Waals surface area contributed by atoms with E-state index in [0.29, 0.717) is 16.1 Å². The van der Waals surface area contributed by atoms with E-state index in [1.54, 1.807) is 18.2 Å². The minimum atomic E-state index is -0.569. The van der Waals surface area contributed by atoms with Crippen LogP contribution in [0.2, 0.25) is 0 Å². The van der Waals surface area contributed by atoms with Crippen LogP contribution < -0.4 is 10.7 Å². The molecule has 2 aromatic rings. The molecule has 0 atom stereocenters. The van der Waals surface area contributed by atoms with Crippen LogP contribution in [0.15, 0.2) is 29.4 Å². The number of anilines is 1. The van der Waals surface area contributed by atoms with Gasteiger partial charge in [0.2, 0.25) is 0 Å². The molecule has 2 amide bonds. The van der Waals surface area contributed by atoms with E-state index in [-0.39, 0.29) is 5.75 Å². The van der Waals surface area contributed by atoms with Gasteiger partial charge in [-0.2, -0.15) is 5.10 Å². The Hall–Kier alpha value is -2.87. The first-order valence-corrected chi connectivity index (χ1v) is 9.02. The van der Waals surface area contributed by atoms with E-state index in [4.69, 9.17) is 4.74 Å². The summed E-state index contributed by atoms with van der Waals surface area (Å²) in [6, 6.07) is 6.07. The number of benzene rings is 1. The van der Waals surface area contributed by atoms with E-state index in [2.05, 4.69) is 15.8 Å². The monoisotopic (exact) mass is 373 g/mol. The summed E-state index contributed by atoms with van der Waals surface area (Å²) >= 11 is 1.40. The smallest absolute Gasteiger partial charge is 0.341 e. The van der Waals surface area contributed by atoms with Gasteiger partial charge in [-0.15, -0.1) is 11.3 Å². The first-order chi connectivity index (χ1) is 12.6. The van der Waals surface area contributed by atoms with Gasteiger partial charge in [-0.1, -0.05) is 12.1 Å². The number of carbonyl (C=O) groups excluding carboxylic acids is 2. The van der Waals surface area contributed by atoms with Gasteiger partial charge in [-0.05, 0) is 43.4 Å². The molecule has 26 heavy (non-hydrogen) atoms. The van der Waals surface area contributed by atoms with Crippen molar-refractivity contribution in [1.82, 2.24) is 5.43 Å². The maximum atomic E-state index is 12.1. The third-order valence-electron chi connectivity index (χ3n) is 4.09. The van der Waals surface area contributed by atoms with Crippen molar-refractivity contribution in [3.05, 3.63) is 45.8 Å². The lowest BCUT2D eigenvalue weighted by atomic mass is 9.95. The average Bonchev–Trinajstić information content (AvgIpc) is 3.00. The number of ether oxygens (including phenoxy) is 1. The largest absolute Gasteiger partial charge is 0.507 e. The summed E-state index contributed by atoms with van der Waals surface area (Å²) in [6.07, 6.45) is 5.15. The van der Waals surface area contributed by atoms with Crippen LogP contribution in [0.5, 0.6) is 5.75 Å². The molecule has 0 saturated carbocycles. The average molecular weight is 373 g/mol. The summed E-state index contributed by atoms with van der Waals surface area (Å²) in [5.74, 6) is -0.380. The van der Waals surface area contributed by atoms with Gasteiger partial charge in [0.05, 0.1) is 18.9 Å². The molecule has 1 aromatic carbocycles. The molecule has 0 radical (unpaired) electrons. The maximum Gasteiger partial charge on any atom is 0.341 e. The molecule has 0 fully saturated rings. The van der Waals surface area contributed by atoms with Crippen LogP contribution >= 0.6 is 11.3 Å². The van der Waals surface area contributed by atoms with Crippen LogP contribution in [0.1, 0.15) is 39.2 Å². The molecule has 8 heteroatoms. The zero-order valence-electron chi connectivity index (χ0n) is 14.2. The highest BCUT2D eigenvalue weighted by molar-refractivity contribution is 7.17. The summed E-state index contributed by atoms with van der Waals surface area (Å²) < 4.78 is 4.87. The number of nitrogens with zero attached hydrogens (tertiary/aromatic N) is 1. The second-order valence-corrected chi connectivity index (χ2v) is 6.89. The van der Waals surface area contributed by atoms with E-state index in [1.807, 2.05) is 0 Å². The number of hydrogen-bond acceptors (Lipinski definition) is 6.